The second-order valence-electron chi connectivity index (χ2n) is 4.32. The van der Waals surface area contributed by atoms with E-state index in [0.717, 1.165) is 6.42 Å². The van der Waals surface area contributed by atoms with Gasteiger partial charge in [0.1, 0.15) is 0 Å². The lowest BCUT2D eigenvalue weighted by Crippen LogP contribution is -2.55. The van der Waals surface area contributed by atoms with Crippen molar-refractivity contribution in [1.82, 2.24) is 10.2 Å². The van der Waals surface area contributed by atoms with Crippen molar-refractivity contribution in [2.45, 2.75) is 25.3 Å². The molecular formula is C10H14N2O4. The molecule has 2 rings (SSSR count). The highest BCUT2D eigenvalue weighted by Crippen LogP contribution is 2.25. The Bertz CT molecular complexity index is 342. The molecule has 2 amide bonds. The fourth-order valence-electron chi connectivity index (χ4n) is 2.43. The predicted molar refractivity (Wildman–Crippen MR) is 53.5 cm³/mol. The summed E-state index contributed by atoms with van der Waals surface area (Å²) in [5, 5.41) is 11.5. The van der Waals surface area contributed by atoms with Gasteiger partial charge in [-0.15, -0.1) is 0 Å². The van der Waals surface area contributed by atoms with Gasteiger partial charge in [0, 0.05) is 25.6 Å². The van der Waals surface area contributed by atoms with Gasteiger partial charge in [-0.25, -0.2) is 4.79 Å². The Morgan fingerprint density at radius 3 is 2.81 bits per heavy atom. The minimum Gasteiger partial charge on any atom is -0.474 e. The topological polar surface area (TPSA) is 86.7 Å². The summed E-state index contributed by atoms with van der Waals surface area (Å²) in [7, 11) is 0. The monoisotopic (exact) mass is 226 g/mol. The van der Waals surface area contributed by atoms with Crippen molar-refractivity contribution in [3.05, 3.63) is 0 Å². The first-order valence-electron chi connectivity index (χ1n) is 5.39. The van der Waals surface area contributed by atoms with Gasteiger partial charge in [0.2, 0.25) is 5.91 Å². The Labute approximate surface area is 92.6 Å². The minimum atomic E-state index is -1.40. The van der Waals surface area contributed by atoms with Gasteiger partial charge in [-0.3, -0.25) is 9.59 Å². The first-order chi connectivity index (χ1) is 7.58. The third kappa shape index (κ3) is 2.00. The van der Waals surface area contributed by atoms with E-state index in [4.69, 9.17) is 5.11 Å². The van der Waals surface area contributed by atoms with Crippen LogP contribution in [0.15, 0.2) is 0 Å². The fraction of sp³-hybridized carbons (Fsp3) is 0.700. The molecule has 2 N–H and O–H groups in total. The molecule has 6 heteroatoms. The largest absolute Gasteiger partial charge is 0.474 e. The van der Waals surface area contributed by atoms with Gasteiger partial charge in [-0.1, -0.05) is 0 Å². The lowest BCUT2D eigenvalue weighted by Gasteiger charge is -2.40. The Hall–Kier alpha value is -1.59. The summed E-state index contributed by atoms with van der Waals surface area (Å²) in [6.45, 7) is 0.850. The van der Waals surface area contributed by atoms with Crippen LogP contribution in [-0.2, 0) is 14.4 Å². The highest BCUT2D eigenvalue weighted by atomic mass is 16.4. The number of likely N-dealkylation sites (tertiary alicyclic amines) is 1. The average Bonchev–Trinajstić information content (AvgIpc) is 2.27. The lowest BCUT2D eigenvalue weighted by molar-refractivity contribution is -0.157. The number of amides is 2. The average molecular weight is 226 g/mol. The van der Waals surface area contributed by atoms with Crippen LogP contribution in [-0.4, -0.2) is 46.9 Å². The summed E-state index contributed by atoms with van der Waals surface area (Å²) >= 11 is 0. The van der Waals surface area contributed by atoms with Gasteiger partial charge >= 0.3 is 11.9 Å². The molecule has 0 aliphatic carbocycles. The molecule has 88 valence electrons. The molecule has 0 radical (unpaired) electrons. The van der Waals surface area contributed by atoms with Gasteiger partial charge in [-0.2, -0.15) is 0 Å². The zero-order valence-corrected chi connectivity index (χ0v) is 8.81. The van der Waals surface area contributed by atoms with Gasteiger partial charge in [-0.05, 0) is 18.8 Å². The molecule has 2 fully saturated rings. The number of hydrogen-bond donors (Lipinski definition) is 2. The van der Waals surface area contributed by atoms with Crippen LogP contribution in [0.4, 0.5) is 0 Å². The van der Waals surface area contributed by atoms with E-state index in [2.05, 4.69) is 5.32 Å². The number of hydrogen-bond acceptors (Lipinski definition) is 3. The quantitative estimate of drug-likeness (QED) is 0.529. The first kappa shape index (κ1) is 10.9. The zero-order valence-electron chi connectivity index (χ0n) is 8.81. The summed E-state index contributed by atoms with van der Waals surface area (Å²) in [5.41, 5.74) is 0. The van der Waals surface area contributed by atoms with Crippen LogP contribution in [0.25, 0.3) is 0 Å². The van der Waals surface area contributed by atoms with Crippen LogP contribution in [0.3, 0.4) is 0 Å². The van der Waals surface area contributed by atoms with Gasteiger partial charge in [0.05, 0.1) is 0 Å². The number of piperidine rings is 2. The van der Waals surface area contributed by atoms with Crippen molar-refractivity contribution < 1.29 is 19.5 Å². The summed E-state index contributed by atoms with van der Waals surface area (Å²) in [6.07, 6.45) is 1.85. The van der Waals surface area contributed by atoms with Gasteiger partial charge in [0.25, 0.3) is 0 Å². The molecule has 16 heavy (non-hydrogen) atoms. The molecule has 0 saturated carbocycles. The van der Waals surface area contributed by atoms with Gasteiger partial charge < -0.3 is 15.3 Å². The van der Waals surface area contributed by atoms with E-state index in [1.165, 1.54) is 4.90 Å². The Morgan fingerprint density at radius 1 is 1.38 bits per heavy atom. The molecule has 0 bridgehead atoms. The molecule has 2 saturated heterocycles. The van der Waals surface area contributed by atoms with Crippen LogP contribution in [0, 0.1) is 5.92 Å². The number of nitrogens with one attached hydrogen (secondary N) is 1. The summed E-state index contributed by atoms with van der Waals surface area (Å²) in [5.74, 6) is -1.98. The van der Waals surface area contributed by atoms with Crippen molar-refractivity contribution in [2.75, 3.05) is 13.1 Å². The maximum absolute atomic E-state index is 11.3. The number of aliphatic carboxylic acids is 1. The number of rotatable bonds is 0. The third-order valence-corrected chi connectivity index (χ3v) is 3.29. The second-order valence-corrected chi connectivity index (χ2v) is 4.32. The summed E-state index contributed by atoms with van der Waals surface area (Å²) < 4.78 is 0. The van der Waals surface area contributed by atoms with Gasteiger partial charge in [0.15, 0.2) is 0 Å². The molecule has 2 aliphatic heterocycles. The molecule has 0 aromatic carbocycles. The molecule has 6 nitrogen and oxygen atoms in total. The van der Waals surface area contributed by atoms with Crippen LogP contribution >= 0.6 is 0 Å². The number of carboxylic acids is 1. The first-order valence-corrected chi connectivity index (χ1v) is 5.39. The van der Waals surface area contributed by atoms with Crippen LogP contribution in [0.1, 0.15) is 19.3 Å². The van der Waals surface area contributed by atoms with E-state index in [1.54, 1.807) is 0 Å². The molecule has 2 heterocycles. The minimum absolute atomic E-state index is 0.0549. The van der Waals surface area contributed by atoms with E-state index in [-0.39, 0.29) is 17.9 Å². The molecular weight excluding hydrogens is 212 g/mol. The Morgan fingerprint density at radius 2 is 2.12 bits per heavy atom. The Balaban J connectivity index is 1.98. The maximum atomic E-state index is 11.3. The van der Waals surface area contributed by atoms with Crippen LogP contribution in [0.2, 0.25) is 0 Å². The predicted octanol–water partition coefficient (Wildman–Crippen LogP) is -0.802. The van der Waals surface area contributed by atoms with Crippen molar-refractivity contribution in [3.63, 3.8) is 0 Å². The number of carboxylic acid groups (broad SMARTS) is 1. The summed E-state index contributed by atoms with van der Waals surface area (Å²) in [6, 6.07) is 0.110. The van der Waals surface area contributed by atoms with E-state index < -0.39 is 11.9 Å². The summed E-state index contributed by atoms with van der Waals surface area (Å²) in [4.78, 5) is 34.3. The normalized spacial score (nSPS) is 29.2. The fourth-order valence-corrected chi connectivity index (χ4v) is 2.43. The third-order valence-electron chi connectivity index (χ3n) is 3.29. The van der Waals surface area contributed by atoms with Crippen LogP contribution < -0.4 is 5.32 Å². The van der Waals surface area contributed by atoms with Crippen molar-refractivity contribution in [2.24, 2.45) is 5.92 Å². The number of fused-ring (bicyclic) bond motifs is 1. The SMILES string of the molecule is O=C1CCC2CN(C(=O)C(=O)O)CCC2N1. The molecule has 2 atom stereocenters. The molecule has 0 spiro atoms. The molecule has 0 aromatic heterocycles. The highest BCUT2D eigenvalue weighted by Gasteiger charge is 2.36. The maximum Gasteiger partial charge on any atom is 0.394 e. The standard InChI is InChI=1S/C10H14N2O4/c13-8-2-1-6-5-12(9(14)10(15)16)4-3-7(6)11-8/h6-7H,1-5H2,(H,11,13)(H,15,16). The Kier molecular flexibility index (Phi) is 2.80. The van der Waals surface area contributed by atoms with Crippen molar-refractivity contribution >= 4 is 17.8 Å². The van der Waals surface area contributed by atoms with Crippen molar-refractivity contribution in [1.29, 1.82) is 0 Å². The zero-order chi connectivity index (χ0) is 11.7. The van der Waals surface area contributed by atoms with Crippen molar-refractivity contribution in [3.8, 4) is 0 Å². The lowest BCUT2D eigenvalue weighted by atomic mass is 9.85. The molecule has 2 aliphatic rings. The second kappa shape index (κ2) is 4.11. The van der Waals surface area contributed by atoms with E-state index in [9.17, 15) is 14.4 Å². The number of carbonyl (C=O) groups is 3. The van der Waals surface area contributed by atoms with E-state index >= 15 is 0 Å². The number of nitrogens with zero attached hydrogens (tertiary/aromatic N) is 1. The van der Waals surface area contributed by atoms with E-state index in [1.807, 2.05) is 0 Å². The smallest absolute Gasteiger partial charge is 0.394 e. The molecule has 0 aromatic rings. The van der Waals surface area contributed by atoms with Crippen LogP contribution in [0.5, 0.6) is 0 Å². The van der Waals surface area contributed by atoms with E-state index in [0.29, 0.717) is 25.9 Å². The highest BCUT2D eigenvalue weighted by molar-refractivity contribution is 6.31. The molecule has 2 unspecified atom stereocenters. The number of carbonyl (C=O) groups excluding carboxylic acids is 2.